The number of halogens is 1. The van der Waals surface area contributed by atoms with Crippen LogP contribution in [0.3, 0.4) is 0 Å². The van der Waals surface area contributed by atoms with Crippen LogP contribution in [0, 0.1) is 0 Å². The molecule has 1 aromatic rings. The van der Waals surface area contributed by atoms with Crippen LogP contribution in [-0.2, 0) is 0 Å². The zero-order valence-electron chi connectivity index (χ0n) is 8.34. The van der Waals surface area contributed by atoms with E-state index in [-0.39, 0.29) is 5.60 Å². The molecule has 5 nitrogen and oxygen atoms in total. The van der Waals surface area contributed by atoms with E-state index in [2.05, 4.69) is 31.3 Å². The molecule has 0 bridgehead atoms. The van der Waals surface area contributed by atoms with Crippen molar-refractivity contribution >= 4 is 21.9 Å². The number of hydrogen-bond acceptors (Lipinski definition) is 5. The Morgan fingerprint density at radius 2 is 2.14 bits per heavy atom. The molecule has 0 fully saturated rings. The highest BCUT2D eigenvalue weighted by Crippen LogP contribution is 2.25. The Balaban J connectivity index is 2.95. The number of ether oxygens (including phenoxy) is 1. The summed E-state index contributed by atoms with van der Waals surface area (Å²) in [6.45, 7) is 5.82. The van der Waals surface area contributed by atoms with Crippen molar-refractivity contribution in [3.05, 3.63) is 10.7 Å². The molecule has 0 spiro atoms. The van der Waals surface area contributed by atoms with Gasteiger partial charge in [-0.3, -0.25) is 5.43 Å². The van der Waals surface area contributed by atoms with E-state index in [1.807, 2.05) is 20.8 Å². The molecule has 0 aliphatic carbocycles. The van der Waals surface area contributed by atoms with Gasteiger partial charge in [0, 0.05) is 0 Å². The van der Waals surface area contributed by atoms with Crippen molar-refractivity contribution in [2.24, 2.45) is 5.84 Å². The lowest BCUT2D eigenvalue weighted by Gasteiger charge is -2.21. The van der Waals surface area contributed by atoms with Crippen molar-refractivity contribution in [2.45, 2.75) is 26.4 Å². The van der Waals surface area contributed by atoms with Gasteiger partial charge in [-0.25, -0.2) is 10.8 Å². The van der Waals surface area contributed by atoms with E-state index in [1.54, 1.807) is 6.20 Å². The molecular formula is C8H13BrN4O. The quantitative estimate of drug-likeness (QED) is 0.626. The van der Waals surface area contributed by atoms with Crippen LogP contribution < -0.4 is 16.0 Å². The van der Waals surface area contributed by atoms with Gasteiger partial charge in [-0.05, 0) is 36.7 Å². The minimum Gasteiger partial charge on any atom is -0.471 e. The van der Waals surface area contributed by atoms with E-state index >= 15 is 0 Å². The number of hydrogen-bond donors (Lipinski definition) is 2. The maximum atomic E-state index is 5.58. The predicted molar refractivity (Wildman–Crippen MR) is 57.9 cm³/mol. The maximum absolute atomic E-state index is 5.58. The first-order valence-corrected chi connectivity index (χ1v) is 4.90. The van der Waals surface area contributed by atoms with Crippen LogP contribution in [0.4, 0.5) is 5.95 Å². The molecule has 1 rings (SSSR count). The van der Waals surface area contributed by atoms with E-state index in [0.717, 1.165) is 0 Å². The first-order valence-electron chi connectivity index (χ1n) is 4.10. The molecule has 6 heteroatoms. The molecule has 0 atom stereocenters. The summed E-state index contributed by atoms with van der Waals surface area (Å²) in [5.74, 6) is 5.99. The highest BCUT2D eigenvalue weighted by Gasteiger charge is 2.15. The third-order valence-corrected chi connectivity index (χ3v) is 1.79. The van der Waals surface area contributed by atoms with Crippen LogP contribution in [0.15, 0.2) is 10.7 Å². The molecule has 0 radical (unpaired) electrons. The Bertz CT molecular complexity index is 324. The van der Waals surface area contributed by atoms with Crippen molar-refractivity contribution in [1.29, 1.82) is 0 Å². The Morgan fingerprint density at radius 1 is 1.50 bits per heavy atom. The molecule has 0 saturated carbocycles. The minimum atomic E-state index is -0.303. The average Bonchev–Trinajstić information content (AvgIpc) is 2.06. The topological polar surface area (TPSA) is 73.1 Å². The van der Waals surface area contributed by atoms with E-state index in [0.29, 0.717) is 16.3 Å². The Kier molecular flexibility index (Phi) is 3.28. The molecule has 1 aromatic heterocycles. The summed E-state index contributed by atoms with van der Waals surface area (Å²) in [7, 11) is 0. The minimum absolute atomic E-state index is 0.303. The van der Waals surface area contributed by atoms with Crippen LogP contribution in [0.25, 0.3) is 0 Å². The molecule has 0 amide bonds. The smallest absolute Gasteiger partial charge is 0.240 e. The summed E-state index contributed by atoms with van der Waals surface area (Å²) in [5, 5.41) is 0. The van der Waals surface area contributed by atoms with Gasteiger partial charge in [0.2, 0.25) is 11.8 Å². The number of nitrogens with zero attached hydrogens (tertiary/aromatic N) is 2. The third kappa shape index (κ3) is 3.12. The van der Waals surface area contributed by atoms with Gasteiger partial charge in [0.15, 0.2) is 0 Å². The first kappa shape index (κ1) is 11.2. The van der Waals surface area contributed by atoms with Crippen LogP contribution in [0.5, 0.6) is 5.88 Å². The van der Waals surface area contributed by atoms with Gasteiger partial charge < -0.3 is 4.74 Å². The zero-order chi connectivity index (χ0) is 10.8. The van der Waals surface area contributed by atoms with Crippen molar-refractivity contribution in [1.82, 2.24) is 9.97 Å². The lowest BCUT2D eigenvalue weighted by atomic mass is 10.2. The highest BCUT2D eigenvalue weighted by molar-refractivity contribution is 9.10. The van der Waals surface area contributed by atoms with E-state index < -0.39 is 0 Å². The molecular weight excluding hydrogens is 248 g/mol. The second-order valence-corrected chi connectivity index (χ2v) is 4.56. The van der Waals surface area contributed by atoms with Gasteiger partial charge in [0.05, 0.1) is 10.7 Å². The molecule has 1 heterocycles. The lowest BCUT2D eigenvalue weighted by molar-refractivity contribution is 0.123. The van der Waals surface area contributed by atoms with Gasteiger partial charge >= 0.3 is 0 Å². The number of anilines is 1. The Morgan fingerprint density at radius 3 is 2.64 bits per heavy atom. The van der Waals surface area contributed by atoms with Crippen LogP contribution in [0.2, 0.25) is 0 Å². The summed E-state index contributed by atoms with van der Waals surface area (Å²) in [5.41, 5.74) is 2.05. The van der Waals surface area contributed by atoms with Crippen molar-refractivity contribution in [3.63, 3.8) is 0 Å². The second kappa shape index (κ2) is 4.10. The van der Waals surface area contributed by atoms with Crippen molar-refractivity contribution in [3.8, 4) is 5.88 Å². The summed E-state index contributed by atoms with van der Waals surface area (Å²) in [4.78, 5) is 7.97. The lowest BCUT2D eigenvalue weighted by Crippen LogP contribution is -2.24. The number of rotatable bonds is 2. The summed E-state index contributed by atoms with van der Waals surface area (Å²) in [6.07, 6.45) is 1.59. The number of aromatic nitrogens is 2. The van der Waals surface area contributed by atoms with Gasteiger partial charge in [-0.2, -0.15) is 4.98 Å². The van der Waals surface area contributed by atoms with Crippen LogP contribution in [-0.4, -0.2) is 15.6 Å². The molecule has 78 valence electrons. The average molecular weight is 261 g/mol. The Labute approximate surface area is 91.2 Å². The predicted octanol–water partition coefficient (Wildman–Crippen LogP) is 1.70. The summed E-state index contributed by atoms with van der Waals surface area (Å²) < 4.78 is 6.28. The maximum Gasteiger partial charge on any atom is 0.240 e. The van der Waals surface area contributed by atoms with Crippen molar-refractivity contribution in [2.75, 3.05) is 5.43 Å². The number of nitrogen functional groups attached to an aromatic ring is 1. The van der Waals surface area contributed by atoms with Crippen LogP contribution >= 0.6 is 15.9 Å². The highest BCUT2D eigenvalue weighted by atomic mass is 79.9. The van der Waals surface area contributed by atoms with Gasteiger partial charge in [0.25, 0.3) is 0 Å². The molecule has 0 aliphatic rings. The monoisotopic (exact) mass is 260 g/mol. The number of nitrogens with one attached hydrogen (secondary N) is 1. The zero-order valence-corrected chi connectivity index (χ0v) is 9.92. The van der Waals surface area contributed by atoms with E-state index in [4.69, 9.17) is 10.6 Å². The second-order valence-electron chi connectivity index (χ2n) is 3.71. The fourth-order valence-electron chi connectivity index (χ4n) is 0.783. The van der Waals surface area contributed by atoms with Crippen LogP contribution in [0.1, 0.15) is 20.8 Å². The molecule has 0 aliphatic heterocycles. The molecule has 3 N–H and O–H groups in total. The third-order valence-electron chi connectivity index (χ3n) is 1.24. The van der Waals surface area contributed by atoms with E-state index in [1.165, 1.54) is 0 Å². The van der Waals surface area contributed by atoms with Crippen molar-refractivity contribution < 1.29 is 4.74 Å². The normalized spacial score (nSPS) is 11.2. The van der Waals surface area contributed by atoms with E-state index in [9.17, 15) is 0 Å². The largest absolute Gasteiger partial charge is 0.471 e. The number of nitrogens with two attached hydrogens (primary N) is 1. The Hall–Kier alpha value is -0.880. The van der Waals surface area contributed by atoms with Gasteiger partial charge in [-0.1, -0.05) is 0 Å². The fraction of sp³-hybridized carbons (Fsp3) is 0.500. The number of hydrazine groups is 1. The molecule has 14 heavy (non-hydrogen) atoms. The first-order chi connectivity index (χ1) is 6.42. The van der Waals surface area contributed by atoms with Gasteiger partial charge in [0.1, 0.15) is 5.60 Å². The summed E-state index contributed by atoms with van der Waals surface area (Å²) >= 11 is 3.29. The SMILES string of the molecule is CC(C)(C)Oc1nc(NN)ncc1Br. The molecule has 0 saturated heterocycles. The summed E-state index contributed by atoms with van der Waals surface area (Å²) in [6, 6.07) is 0. The fourth-order valence-corrected chi connectivity index (χ4v) is 1.05. The standard InChI is InChI=1S/C8H13BrN4O/c1-8(2,3)14-6-5(9)4-11-7(12-6)13-10/h4H,10H2,1-3H3,(H,11,12,13). The molecule has 0 unspecified atom stereocenters. The molecule has 0 aromatic carbocycles. The van der Waals surface area contributed by atoms with Gasteiger partial charge in [-0.15, -0.1) is 0 Å².